The maximum absolute atomic E-state index is 12.0. The number of esters is 2. The molecule has 0 radical (unpaired) electrons. The van der Waals surface area contributed by atoms with Gasteiger partial charge < -0.3 is 9.47 Å². The van der Waals surface area contributed by atoms with Gasteiger partial charge in [0.15, 0.2) is 0 Å². The van der Waals surface area contributed by atoms with Crippen molar-refractivity contribution in [3.8, 4) is 0 Å². The number of cyclic esters (lactones) is 2. The van der Waals surface area contributed by atoms with Crippen molar-refractivity contribution in [1.82, 2.24) is 0 Å². The predicted molar refractivity (Wildman–Crippen MR) is 89.1 cm³/mol. The Labute approximate surface area is 139 Å². The summed E-state index contributed by atoms with van der Waals surface area (Å²) in [7, 11) is 0. The van der Waals surface area contributed by atoms with Crippen LogP contribution in [0.15, 0.2) is 48.6 Å². The Kier molecular flexibility index (Phi) is 3.13. The van der Waals surface area contributed by atoms with Crippen LogP contribution in [0.25, 0.3) is 11.5 Å². The molecule has 0 aliphatic carbocycles. The lowest BCUT2D eigenvalue weighted by Gasteiger charge is -2.00. The number of fused-ring (bicyclic) bond motifs is 2. The highest BCUT2D eigenvalue weighted by molar-refractivity contribution is 6.05. The lowest BCUT2D eigenvalue weighted by atomic mass is 10.0. The van der Waals surface area contributed by atoms with Crippen molar-refractivity contribution >= 4 is 23.5 Å². The average Bonchev–Trinajstić information content (AvgIpc) is 3.03. The topological polar surface area (TPSA) is 52.6 Å². The van der Waals surface area contributed by atoms with Crippen LogP contribution in [0.4, 0.5) is 0 Å². The number of carbonyl (C=O) groups is 2. The molecule has 4 rings (SSSR count). The van der Waals surface area contributed by atoms with Gasteiger partial charge in [-0.15, -0.1) is 0 Å². The molecular formula is C20H14O4. The Morgan fingerprint density at radius 2 is 1.17 bits per heavy atom. The molecule has 2 aliphatic heterocycles. The molecule has 2 aromatic carbocycles. The van der Waals surface area contributed by atoms with Gasteiger partial charge in [0.1, 0.15) is 11.5 Å². The summed E-state index contributed by atoms with van der Waals surface area (Å²) in [5.74, 6) is 0.189. The number of benzene rings is 2. The molecule has 2 aliphatic rings. The van der Waals surface area contributed by atoms with Crippen molar-refractivity contribution < 1.29 is 19.1 Å². The third-order valence-electron chi connectivity index (χ3n) is 4.11. The zero-order chi connectivity index (χ0) is 16.8. The van der Waals surface area contributed by atoms with E-state index < -0.39 is 0 Å². The van der Waals surface area contributed by atoms with Gasteiger partial charge >= 0.3 is 11.9 Å². The molecule has 0 amide bonds. The van der Waals surface area contributed by atoms with Crippen LogP contribution >= 0.6 is 0 Å². The van der Waals surface area contributed by atoms with E-state index in [1.165, 1.54) is 0 Å². The maximum Gasteiger partial charge on any atom is 0.344 e. The van der Waals surface area contributed by atoms with Crippen molar-refractivity contribution in [2.24, 2.45) is 0 Å². The second-order valence-electron chi connectivity index (χ2n) is 5.94. The molecule has 24 heavy (non-hydrogen) atoms. The summed E-state index contributed by atoms with van der Waals surface area (Å²) in [6, 6.07) is 11.1. The number of carbonyl (C=O) groups excluding carboxylic acids is 2. The largest absolute Gasteiger partial charge is 0.422 e. The SMILES string of the molecule is Cc1ccc2c(c1)C(=O)O/C2=C/C=C1/OC(=O)c2ccc(C)cc21. The average molecular weight is 318 g/mol. The van der Waals surface area contributed by atoms with Crippen molar-refractivity contribution in [3.63, 3.8) is 0 Å². The molecule has 0 spiro atoms. The first-order chi connectivity index (χ1) is 11.5. The van der Waals surface area contributed by atoms with Crippen LogP contribution in [0, 0.1) is 13.8 Å². The van der Waals surface area contributed by atoms with E-state index in [1.807, 2.05) is 38.1 Å². The minimum Gasteiger partial charge on any atom is -0.422 e. The smallest absolute Gasteiger partial charge is 0.344 e. The Morgan fingerprint density at radius 3 is 1.83 bits per heavy atom. The highest BCUT2D eigenvalue weighted by Crippen LogP contribution is 2.33. The molecule has 0 saturated heterocycles. The van der Waals surface area contributed by atoms with Gasteiger partial charge in [-0.2, -0.15) is 0 Å². The Morgan fingerprint density at radius 1 is 0.667 bits per heavy atom. The summed E-state index contributed by atoms with van der Waals surface area (Å²) in [5, 5.41) is 0. The van der Waals surface area contributed by atoms with Gasteiger partial charge in [0.2, 0.25) is 0 Å². The minimum atomic E-state index is -0.367. The molecule has 0 bridgehead atoms. The molecule has 4 heteroatoms. The second-order valence-corrected chi connectivity index (χ2v) is 5.94. The van der Waals surface area contributed by atoms with Crippen LogP contribution in [0.2, 0.25) is 0 Å². The van der Waals surface area contributed by atoms with E-state index in [0.29, 0.717) is 22.6 Å². The Bertz CT molecular complexity index is 964. The Balaban J connectivity index is 1.75. The van der Waals surface area contributed by atoms with Gasteiger partial charge in [0.05, 0.1) is 11.1 Å². The molecule has 0 N–H and O–H groups in total. The van der Waals surface area contributed by atoms with Crippen molar-refractivity contribution in [1.29, 1.82) is 0 Å². The number of rotatable bonds is 1. The fraction of sp³-hybridized carbons (Fsp3) is 0.100. The van der Waals surface area contributed by atoms with E-state index in [1.54, 1.807) is 24.3 Å². The van der Waals surface area contributed by atoms with Crippen LogP contribution in [-0.2, 0) is 9.47 Å². The van der Waals surface area contributed by atoms with Gasteiger partial charge in [0.25, 0.3) is 0 Å². The van der Waals surface area contributed by atoms with Crippen molar-refractivity contribution in [2.45, 2.75) is 13.8 Å². The summed E-state index contributed by atoms with van der Waals surface area (Å²) in [4.78, 5) is 23.9. The molecule has 0 aromatic heterocycles. The predicted octanol–water partition coefficient (Wildman–Crippen LogP) is 4.03. The molecule has 4 nitrogen and oxygen atoms in total. The first-order valence-corrected chi connectivity index (χ1v) is 7.61. The third kappa shape index (κ3) is 2.24. The standard InChI is InChI=1S/C20H14O4/c1-11-4-6-14-15(9-11)18(24-19(14)21)8-7-17-13-5-3-12(2)10-16(13)20(22)23-17/h3-10H,1-2H3/b17-7+,18-8+. The molecule has 0 atom stereocenters. The summed E-state index contributed by atoms with van der Waals surface area (Å²) in [6.07, 6.45) is 3.33. The van der Waals surface area contributed by atoms with Crippen LogP contribution in [0.5, 0.6) is 0 Å². The van der Waals surface area contributed by atoms with Gasteiger partial charge in [-0.25, -0.2) is 9.59 Å². The van der Waals surface area contributed by atoms with E-state index in [2.05, 4.69) is 0 Å². The molecule has 2 aromatic rings. The molecule has 118 valence electrons. The van der Waals surface area contributed by atoms with Crippen LogP contribution in [-0.4, -0.2) is 11.9 Å². The molecular weight excluding hydrogens is 304 g/mol. The fourth-order valence-corrected chi connectivity index (χ4v) is 2.90. The lowest BCUT2D eigenvalue weighted by molar-refractivity contribution is 0.0704. The second kappa shape index (κ2) is 5.20. The first kappa shape index (κ1) is 14.5. The first-order valence-electron chi connectivity index (χ1n) is 7.61. The van der Waals surface area contributed by atoms with E-state index in [9.17, 15) is 9.59 Å². The van der Waals surface area contributed by atoms with Crippen LogP contribution in [0.3, 0.4) is 0 Å². The van der Waals surface area contributed by atoms with Crippen molar-refractivity contribution in [3.05, 3.63) is 81.9 Å². The van der Waals surface area contributed by atoms with E-state index >= 15 is 0 Å². The van der Waals surface area contributed by atoms with Crippen molar-refractivity contribution in [2.75, 3.05) is 0 Å². The number of hydrogen-bond acceptors (Lipinski definition) is 4. The van der Waals surface area contributed by atoms with E-state index in [-0.39, 0.29) is 11.9 Å². The summed E-state index contributed by atoms with van der Waals surface area (Å²) >= 11 is 0. The van der Waals surface area contributed by atoms with E-state index in [0.717, 1.165) is 22.3 Å². The molecule has 2 heterocycles. The quantitative estimate of drug-likeness (QED) is 0.745. The van der Waals surface area contributed by atoms with Gasteiger partial charge in [0, 0.05) is 11.1 Å². The normalized spacial score (nSPS) is 18.6. The van der Waals surface area contributed by atoms with Gasteiger partial charge in [-0.3, -0.25) is 0 Å². The summed E-state index contributed by atoms with van der Waals surface area (Å²) in [6.45, 7) is 3.88. The van der Waals surface area contributed by atoms with E-state index in [4.69, 9.17) is 9.47 Å². The summed E-state index contributed by atoms with van der Waals surface area (Å²) in [5.41, 5.74) is 4.64. The highest BCUT2D eigenvalue weighted by atomic mass is 16.5. The fourth-order valence-electron chi connectivity index (χ4n) is 2.90. The molecule has 0 unspecified atom stereocenters. The molecule has 0 fully saturated rings. The van der Waals surface area contributed by atoms with Gasteiger partial charge in [-0.05, 0) is 44.2 Å². The number of allylic oxidation sites excluding steroid dienone is 2. The zero-order valence-corrected chi connectivity index (χ0v) is 13.3. The Hall–Kier alpha value is -3.14. The molecule has 0 saturated carbocycles. The minimum absolute atomic E-state index is 0.363. The third-order valence-corrected chi connectivity index (χ3v) is 4.11. The highest BCUT2D eigenvalue weighted by Gasteiger charge is 2.28. The number of hydrogen-bond donors (Lipinski definition) is 0. The van der Waals surface area contributed by atoms with Crippen LogP contribution < -0.4 is 0 Å². The number of ether oxygens (including phenoxy) is 2. The van der Waals surface area contributed by atoms with Crippen LogP contribution in [0.1, 0.15) is 43.0 Å². The van der Waals surface area contributed by atoms with Gasteiger partial charge in [-0.1, -0.05) is 29.3 Å². The lowest BCUT2D eigenvalue weighted by Crippen LogP contribution is -1.93. The number of aryl methyl sites for hydroxylation is 2. The monoisotopic (exact) mass is 318 g/mol. The summed E-state index contributed by atoms with van der Waals surface area (Å²) < 4.78 is 10.6. The maximum atomic E-state index is 12.0. The zero-order valence-electron chi connectivity index (χ0n) is 13.3.